The van der Waals surface area contributed by atoms with Gasteiger partial charge in [-0.05, 0) is 31.2 Å². The third-order valence-electron chi connectivity index (χ3n) is 2.77. The second-order valence-corrected chi connectivity index (χ2v) is 4.79. The molecule has 0 saturated carbocycles. The molecule has 0 aliphatic heterocycles. The normalized spacial score (nSPS) is 12.6. The van der Waals surface area contributed by atoms with Crippen molar-refractivity contribution in [2.45, 2.75) is 26.1 Å². The fourth-order valence-corrected chi connectivity index (χ4v) is 2.03. The van der Waals surface area contributed by atoms with Gasteiger partial charge in [-0.25, -0.2) is 0 Å². The molecule has 2 aromatic rings. The van der Waals surface area contributed by atoms with E-state index in [1.807, 2.05) is 55.7 Å². The van der Waals surface area contributed by atoms with Crippen LogP contribution >= 0.6 is 0 Å². The maximum Gasteiger partial charge on any atom is 0.0544 e. The number of hydrogen-bond donors (Lipinski definition) is 1. The molecule has 100 valence electrons. The Labute approximate surface area is 114 Å². The lowest BCUT2D eigenvalue weighted by atomic mass is 10.2. The molecule has 0 aromatic carbocycles. The molecular weight excluding hydrogens is 236 g/mol. The van der Waals surface area contributed by atoms with Crippen molar-refractivity contribution >= 4 is 0 Å². The van der Waals surface area contributed by atoms with Gasteiger partial charge in [-0.1, -0.05) is 12.1 Å². The fourth-order valence-electron chi connectivity index (χ4n) is 2.03. The molecular formula is C15H20N4. The summed E-state index contributed by atoms with van der Waals surface area (Å²) in [4.78, 5) is 11.0. The highest BCUT2D eigenvalue weighted by molar-refractivity contribution is 5.06. The van der Waals surface area contributed by atoms with Crippen LogP contribution < -0.4 is 5.73 Å². The van der Waals surface area contributed by atoms with Crippen LogP contribution in [0.1, 0.15) is 18.3 Å². The number of hydrogen-bond acceptors (Lipinski definition) is 4. The van der Waals surface area contributed by atoms with Crippen molar-refractivity contribution in [1.82, 2.24) is 14.9 Å². The van der Waals surface area contributed by atoms with Crippen LogP contribution in [0, 0.1) is 0 Å². The van der Waals surface area contributed by atoms with Gasteiger partial charge in [-0.15, -0.1) is 0 Å². The Morgan fingerprint density at radius 3 is 1.89 bits per heavy atom. The number of rotatable bonds is 6. The molecule has 0 aliphatic rings. The molecule has 0 amide bonds. The van der Waals surface area contributed by atoms with E-state index in [-0.39, 0.29) is 6.04 Å². The third kappa shape index (κ3) is 4.77. The van der Waals surface area contributed by atoms with E-state index in [0.29, 0.717) is 0 Å². The first-order valence-corrected chi connectivity index (χ1v) is 6.52. The van der Waals surface area contributed by atoms with Gasteiger partial charge in [-0.2, -0.15) is 0 Å². The summed E-state index contributed by atoms with van der Waals surface area (Å²) in [5.74, 6) is 0. The van der Waals surface area contributed by atoms with Gasteiger partial charge in [0.05, 0.1) is 11.4 Å². The minimum absolute atomic E-state index is 0.132. The van der Waals surface area contributed by atoms with Crippen LogP contribution in [-0.2, 0) is 13.1 Å². The maximum atomic E-state index is 5.92. The average molecular weight is 256 g/mol. The Bertz CT molecular complexity index is 429. The van der Waals surface area contributed by atoms with Gasteiger partial charge < -0.3 is 5.73 Å². The number of pyridine rings is 2. The zero-order valence-electron chi connectivity index (χ0n) is 11.2. The first kappa shape index (κ1) is 13.6. The summed E-state index contributed by atoms with van der Waals surface area (Å²) in [7, 11) is 0. The lowest BCUT2D eigenvalue weighted by Crippen LogP contribution is -2.35. The predicted octanol–water partition coefficient (Wildman–Crippen LogP) is 1.83. The summed E-state index contributed by atoms with van der Waals surface area (Å²) in [6, 6.07) is 12.1. The molecule has 0 bridgehead atoms. The molecule has 2 aromatic heterocycles. The van der Waals surface area contributed by atoms with Crippen molar-refractivity contribution in [3.63, 3.8) is 0 Å². The number of aromatic nitrogens is 2. The van der Waals surface area contributed by atoms with Crippen LogP contribution in [0.15, 0.2) is 48.8 Å². The van der Waals surface area contributed by atoms with E-state index in [1.165, 1.54) is 0 Å². The molecule has 4 nitrogen and oxygen atoms in total. The zero-order valence-corrected chi connectivity index (χ0v) is 11.2. The standard InChI is InChI=1S/C15H20N4/c1-13(16)10-19(11-14-6-2-4-8-17-14)12-15-7-3-5-9-18-15/h2-9,13H,10-12,16H2,1H3. The van der Waals surface area contributed by atoms with Gasteiger partial charge in [-0.3, -0.25) is 14.9 Å². The molecule has 0 saturated heterocycles. The number of nitrogens with zero attached hydrogens (tertiary/aromatic N) is 3. The van der Waals surface area contributed by atoms with E-state index in [0.717, 1.165) is 31.0 Å². The lowest BCUT2D eigenvalue weighted by Gasteiger charge is -2.23. The quantitative estimate of drug-likeness (QED) is 0.856. The van der Waals surface area contributed by atoms with Crippen molar-refractivity contribution in [2.24, 2.45) is 5.73 Å². The highest BCUT2D eigenvalue weighted by Gasteiger charge is 2.10. The summed E-state index contributed by atoms with van der Waals surface area (Å²) in [5.41, 5.74) is 8.03. The van der Waals surface area contributed by atoms with Crippen LogP contribution in [0.3, 0.4) is 0 Å². The predicted molar refractivity (Wildman–Crippen MR) is 76.2 cm³/mol. The fraction of sp³-hybridized carbons (Fsp3) is 0.333. The van der Waals surface area contributed by atoms with Gasteiger partial charge in [0.2, 0.25) is 0 Å². The van der Waals surface area contributed by atoms with Crippen molar-refractivity contribution in [3.8, 4) is 0 Å². The molecule has 0 fully saturated rings. The molecule has 0 aliphatic carbocycles. The molecule has 2 N–H and O–H groups in total. The first-order valence-electron chi connectivity index (χ1n) is 6.52. The van der Waals surface area contributed by atoms with Crippen LogP contribution in [0.2, 0.25) is 0 Å². The molecule has 1 unspecified atom stereocenters. The van der Waals surface area contributed by atoms with Gasteiger partial charge in [0.25, 0.3) is 0 Å². The molecule has 0 spiro atoms. The van der Waals surface area contributed by atoms with Crippen molar-refractivity contribution in [1.29, 1.82) is 0 Å². The first-order chi connectivity index (χ1) is 9.24. The van der Waals surface area contributed by atoms with E-state index in [9.17, 15) is 0 Å². The Morgan fingerprint density at radius 2 is 1.53 bits per heavy atom. The van der Waals surface area contributed by atoms with Crippen molar-refractivity contribution < 1.29 is 0 Å². The molecule has 2 heterocycles. The van der Waals surface area contributed by atoms with Crippen LogP contribution in [-0.4, -0.2) is 27.5 Å². The Kier molecular flexibility index (Phi) is 5.01. The summed E-state index contributed by atoms with van der Waals surface area (Å²) < 4.78 is 0. The highest BCUT2D eigenvalue weighted by Crippen LogP contribution is 2.07. The van der Waals surface area contributed by atoms with E-state index in [2.05, 4.69) is 14.9 Å². The van der Waals surface area contributed by atoms with E-state index in [1.54, 1.807) is 0 Å². The SMILES string of the molecule is CC(N)CN(Cc1ccccn1)Cc1ccccn1. The minimum Gasteiger partial charge on any atom is -0.327 e. The summed E-state index contributed by atoms with van der Waals surface area (Å²) in [5, 5.41) is 0. The summed E-state index contributed by atoms with van der Waals surface area (Å²) >= 11 is 0. The van der Waals surface area contributed by atoms with Crippen LogP contribution in [0.4, 0.5) is 0 Å². The Morgan fingerprint density at radius 1 is 1.00 bits per heavy atom. The van der Waals surface area contributed by atoms with Gasteiger partial charge in [0.1, 0.15) is 0 Å². The second-order valence-electron chi connectivity index (χ2n) is 4.79. The Balaban J connectivity index is 2.03. The van der Waals surface area contributed by atoms with Crippen molar-refractivity contribution in [2.75, 3.05) is 6.54 Å². The zero-order chi connectivity index (χ0) is 13.5. The van der Waals surface area contributed by atoms with Crippen molar-refractivity contribution in [3.05, 3.63) is 60.2 Å². The van der Waals surface area contributed by atoms with Gasteiger partial charge in [0.15, 0.2) is 0 Å². The maximum absolute atomic E-state index is 5.92. The highest BCUT2D eigenvalue weighted by atomic mass is 15.1. The Hall–Kier alpha value is -1.78. The lowest BCUT2D eigenvalue weighted by molar-refractivity contribution is 0.239. The van der Waals surface area contributed by atoms with Crippen LogP contribution in [0.25, 0.3) is 0 Å². The van der Waals surface area contributed by atoms with Gasteiger partial charge in [0, 0.05) is 38.1 Å². The van der Waals surface area contributed by atoms with E-state index < -0.39 is 0 Å². The molecule has 19 heavy (non-hydrogen) atoms. The molecule has 4 heteroatoms. The largest absolute Gasteiger partial charge is 0.327 e. The summed E-state index contributed by atoms with van der Waals surface area (Å²) in [6.45, 7) is 4.43. The topological polar surface area (TPSA) is 55.0 Å². The second kappa shape index (κ2) is 6.97. The minimum atomic E-state index is 0.132. The third-order valence-corrected chi connectivity index (χ3v) is 2.77. The van der Waals surface area contributed by atoms with E-state index >= 15 is 0 Å². The molecule has 2 rings (SSSR count). The summed E-state index contributed by atoms with van der Waals surface area (Å²) in [6.07, 6.45) is 3.64. The molecule has 0 radical (unpaired) electrons. The number of nitrogens with two attached hydrogens (primary N) is 1. The van der Waals surface area contributed by atoms with Gasteiger partial charge >= 0.3 is 0 Å². The molecule has 1 atom stereocenters. The average Bonchev–Trinajstić information content (AvgIpc) is 2.40. The monoisotopic (exact) mass is 256 g/mol. The smallest absolute Gasteiger partial charge is 0.0544 e. The van der Waals surface area contributed by atoms with Crippen LogP contribution in [0.5, 0.6) is 0 Å². The van der Waals surface area contributed by atoms with E-state index in [4.69, 9.17) is 5.73 Å².